The number of benzene rings is 7. The summed E-state index contributed by atoms with van der Waals surface area (Å²) in [6, 6.07) is 59.3. The molecule has 12 rings (SSSR count). The first kappa shape index (κ1) is 33.7. The Bertz CT molecular complexity index is 3280. The van der Waals surface area contributed by atoms with Gasteiger partial charge >= 0.3 is 0 Å². The third kappa shape index (κ3) is 4.81. The maximum Gasteiger partial charge on any atom is 0.136 e. The van der Waals surface area contributed by atoms with Crippen LogP contribution in [0.1, 0.15) is 34.7 Å². The average Bonchev–Trinajstić information content (AvgIpc) is 3.98. The Morgan fingerprint density at radius 2 is 1.10 bits per heavy atom. The van der Waals surface area contributed by atoms with E-state index in [1.54, 1.807) is 0 Å². The second-order valence-corrected chi connectivity index (χ2v) is 16.1. The molecule has 278 valence electrons. The molecule has 0 bridgehead atoms. The van der Waals surface area contributed by atoms with Gasteiger partial charge in [-0.25, -0.2) is 0 Å². The van der Waals surface area contributed by atoms with E-state index in [0.29, 0.717) is 0 Å². The minimum absolute atomic E-state index is 0.643. The molecule has 1 aromatic heterocycles. The highest BCUT2D eigenvalue weighted by Crippen LogP contribution is 2.65. The molecule has 0 saturated carbocycles. The number of rotatable bonds is 5. The Kier molecular flexibility index (Phi) is 7.31. The van der Waals surface area contributed by atoms with Crippen LogP contribution in [0.15, 0.2) is 215 Å². The molecular weight excluding hydrogens is 715 g/mol. The van der Waals surface area contributed by atoms with Gasteiger partial charge in [0, 0.05) is 27.6 Å². The molecule has 4 aliphatic carbocycles. The first-order valence-corrected chi connectivity index (χ1v) is 20.5. The summed E-state index contributed by atoms with van der Waals surface area (Å²) in [5.41, 5.74) is 22.0. The molecule has 0 saturated heterocycles. The first-order valence-electron chi connectivity index (χ1n) is 20.5. The lowest BCUT2D eigenvalue weighted by atomic mass is 9.61. The first-order chi connectivity index (χ1) is 29.1. The Morgan fingerprint density at radius 3 is 1.92 bits per heavy atom. The summed E-state index contributed by atoms with van der Waals surface area (Å²) in [5, 5.41) is 2.25. The number of hydrogen-bond donors (Lipinski definition) is 0. The van der Waals surface area contributed by atoms with Crippen LogP contribution in [0.5, 0.6) is 0 Å². The molecule has 2 heteroatoms. The van der Waals surface area contributed by atoms with Crippen LogP contribution in [0.3, 0.4) is 0 Å². The molecule has 2 nitrogen and oxygen atoms in total. The maximum atomic E-state index is 6.54. The molecule has 8 aromatic rings. The van der Waals surface area contributed by atoms with Crippen molar-refractivity contribution in [2.75, 3.05) is 4.90 Å². The predicted octanol–water partition coefficient (Wildman–Crippen LogP) is 15.2. The molecule has 0 N–H and O–H groups in total. The highest BCUT2D eigenvalue weighted by Gasteiger charge is 2.52. The molecule has 0 aliphatic heterocycles. The van der Waals surface area contributed by atoms with Crippen molar-refractivity contribution in [3.63, 3.8) is 0 Å². The van der Waals surface area contributed by atoms with Crippen molar-refractivity contribution in [2.45, 2.75) is 13.8 Å². The van der Waals surface area contributed by atoms with Crippen molar-refractivity contribution >= 4 is 56.6 Å². The summed E-state index contributed by atoms with van der Waals surface area (Å²) in [7, 11) is 0. The Labute approximate surface area is 344 Å². The highest BCUT2D eigenvalue weighted by molar-refractivity contribution is 6.15. The van der Waals surface area contributed by atoms with Crippen molar-refractivity contribution in [1.29, 1.82) is 0 Å². The molecule has 1 unspecified atom stereocenters. The number of para-hydroxylation sites is 2. The lowest BCUT2D eigenvalue weighted by Gasteiger charge is -2.48. The molecule has 7 aromatic carbocycles. The average molecular weight is 754 g/mol. The van der Waals surface area contributed by atoms with Crippen LogP contribution >= 0.6 is 0 Å². The standard InChI is InChI=1S/C57H39NO/c1-36-17-14-29-51(54(36)46-26-15-31-53-55(46)45-25-11-13-30-52(45)59-53)58(50-28-12-10-24-43(50)38-18-4-3-5-19-38)56-37(2)33-47-42-23-9-7-21-40(42)35-49(47)57(56)32-16-27-44-41-22-8-6-20-39(41)34-48(44)57/h3-35H,1-2H3. The molecule has 0 fully saturated rings. The number of hydrogen-bond acceptors (Lipinski definition) is 2. The van der Waals surface area contributed by atoms with Gasteiger partial charge < -0.3 is 9.32 Å². The summed E-state index contributed by atoms with van der Waals surface area (Å²) in [6.45, 7) is 4.58. The van der Waals surface area contributed by atoms with Crippen LogP contribution in [0, 0.1) is 12.3 Å². The summed E-state index contributed by atoms with van der Waals surface area (Å²) in [6.07, 6.45) is 14.5. The summed E-state index contributed by atoms with van der Waals surface area (Å²) >= 11 is 0. The fourth-order valence-corrected chi connectivity index (χ4v) is 10.4. The number of anilines is 2. The van der Waals surface area contributed by atoms with E-state index < -0.39 is 5.41 Å². The smallest absolute Gasteiger partial charge is 0.136 e. The largest absolute Gasteiger partial charge is 0.456 e. The van der Waals surface area contributed by atoms with Crippen LogP contribution < -0.4 is 4.90 Å². The van der Waals surface area contributed by atoms with Crippen molar-refractivity contribution < 1.29 is 4.42 Å². The van der Waals surface area contributed by atoms with Gasteiger partial charge in [-0.05, 0) is 123 Å². The Hall–Kier alpha value is -7.42. The van der Waals surface area contributed by atoms with Gasteiger partial charge in [-0.15, -0.1) is 0 Å². The normalized spacial score (nSPS) is 17.3. The fourth-order valence-electron chi connectivity index (χ4n) is 10.4. The van der Waals surface area contributed by atoms with Gasteiger partial charge in [-0.2, -0.15) is 0 Å². The number of allylic oxidation sites excluding steroid dienone is 7. The van der Waals surface area contributed by atoms with Crippen LogP contribution in [-0.4, -0.2) is 0 Å². The quantitative estimate of drug-likeness (QED) is 0.174. The fraction of sp³-hybridized carbons (Fsp3) is 0.0526. The van der Waals surface area contributed by atoms with Gasteiger partial charge in [0.05, 0.1) is 16.8 Å². The van der Waals surface area contributed by atoms with E-state index in [9.17, 15) is 0 Å². The van der Waals surface area contributed by atoms with E-state index in [4.69, 9.17) is 4.42 Å². The molecule has 59 heavy (non-hydrogen) atoms. The van der Waals surface area contributed by atoms with E-state index in [1.807, 2.05) is 0 Å². The van der Waals surface area contributed by atoms with Crippen molar-refractivity contribution in [3.05, 3.63) is 238 Å². The topological polar surface area (TPSA) is 16.4 Å². The monoisotopic (exact) mass is 753 g/mol. The zero-order valence-corrected chi connectivity index (χ0v) is 32.9. The zero-order chi connectivity index (χ0) is 39.2. The number of aryl methyl sites for hydroxylation is 1. The SMILES string of the molecule is CC1=C(N(c2ccccc2-c2ccccc2)c2cccc(C)c2-c2cccc3oc4ccccc4c23)C2(C=CC=C3C2=Cc2ccccc23)C2=Cc3ccccc3C2=C1. The number of furan rings is 1. The van der Waals surface area contributed by atoms with Crippen molar-refractivity contribution in [3.8, 4) is 22.3 Å². The van der Waals surface area contributed by atoms with E-state index in [-0.39, 0.29) is 0 Å². The van der Waals surface area contributed by atoms with E-state index in [2.05, 4.69) is 219 Å². The van der Waals surface area contributed by atoms with Gasteiger partial charge in [0.15, 0.2) is 0 Å². The van der Waals surface area contributed by atoms with Gasteiger partial charge in [-0.1, -0.05) is 158 Å². The van der Waals surface area contributed by atoms with Crippen LogP contribution in [0.25, 0.3) is 67.5 Å². The molecular formula is C57H39NO. The van der Waals surface area contributed by atoms with Crippen LogP contribution in [0.2, 0.25) is 0 Å². The summed E-state index contributed by atoms with van der Waals surface area (Å²) in [5.74, 6) is 0. The molecule has 1 spiro atoms. The lowest BCUT2D eigenvalue weighted by Crippen LogP contribution is -2.38. The van der Waals surface area contributed by atoms with Gasteiger partial charge in [0.25, 0.3) is 0 Å². The summed E-state index contributed by atoms with van der Waals surface area (Å²) < 4.78 is 6.54. The van der Waals surface area contributed by atoms with Crippen molar-refractivity contribution in [2.24, 2.45) is 5.41 Å². The van der Waals surface area contributed by atoms with Crippen LogP contribution in [-0.2, 0) is 0 Å². The highest BCUT2D eigenvalue weighted by atomic mass is 16.3. The third-order valence-electron chi connectivity index (χ3n) is 12.9. The third-order valence-corrected chi connectivity index (χ3v) is 12.9. The molecule has 0 amide bonds. The molecule has 4 aliphatic rings. The second-order valence-electron chi connectivity index (χ2n) is 16.1. The molecule has 1 heterocycles. The number of fused-ring (bicyclic) bond motifs is 11. The molecule has 1 atom stereocenters. The Balaban J connectivity index is 1.22. The summed E-state index contributed by atoms with van der Waals surface area (Å²) in [4.78, 5) is 2.62. The Morgan fingerprint density at radius 1 is 0.492 bits per heavy atom. The lowest BCUT2D eigenvalue weighted by molar-refractivity contribution is 0.668. The maximum absolute atomic E-state index is 6.54. The molecule has 0 radical (unpaired) electrons. The zero-order valence-electron chi connectivity index (χ0n) is 32.9. The van der Waals surface area contributed by atoms with E-state index in [0.717, 1.165) is 38.9 Å². The minimum atomic E-state index is -0.643. The van der Waals surface area contributed by atoms with Crippen LogP contribution in [0.4, 0.5) is 11.4 Å². The van der Waals surface area contributed by atoms with Gasteiger partial charge in [0.1, 0.15) is 11.2 Å². The minimum Gasteiger partial charge on any atom is -0.456 e. The second kappa shape index (κ2) is 12.8. The van der Waals surface area contributed by atoms with Gasteiger partial charge in [-0.3, -0.25) is 0 Å². The predicted molar refractivity (Wildman–Crippen MR) is 247 cm³/mol. The van der Waals surface area contributed by atoms with E-state index >= 15 is 0 Å². The number of nitrogens with zero attached hydrogens (tertiary/aromatic N) is 1. The van der Waals surface area contributed by atoms with Crippen molar-refractivity contribution in [1.82, 2.24) is 0 Å². The van der Waals surface area contributed by atoms with Gasteiger partial charge in [0.2, 0.25) is 0 Å². The van der Waals surface area contributed by atoms with E-state index in [1.165, 1.54) is 78.1 Å².